The molecule has 0 spiro atoms. The summed E-state index contributed by atoms with van der Waals surface area (Å²) in [5.41, 5.74) is 7.52. The zero-order valence-corrected chi connectivity index (χ0v) is 8.71. The van der Waals surface area contributed by atoms with E-state index in [0.29, 0.717) is 11.7 Å². The minimum atomic E-state index is 0.358. The van der Waals surface area contributed by atoms with Gasteiger partial charge in [-0.1, -0.05) is 18.2 Å². The number of fused-ring (bicyclic) bond motifs is 3. The Balaban J connectivity index is 2.59. The number of rotatable bonds is 1. The van der Waals surface area contributed by atoms with Gasteiger partial charge in [-0.2, -0.15) is 9.61 Å². The number of ether oxygens (including phenoxy) is 1. The van der Waals surface area contributed by atoms with E-state index in [1.54, 1.807) is 17.8 Å². The molecular formula is C11H10N4O. The SMILES string of the molecule is COc1cnn2c(N)nc3ccccc3c12. The molecule has 2 heterocycles. The molecule has 0 aliphatic heterocycles. The van der Waals surface area contributed by atoms with E-state index in [2.05, 4.69) is 10.1 Å². The lowest BCUT2D eigenvalue weighted by atomic mass is 10.2. The molecule has 80 valence electrons. The lowest BCUT2D eigenvalue weighted by Gasteiger charge is -2.04. The first-order valence-electron chi connectivity index (χ1n) is 4.87. The van der Waals surface area contributed by atoms with Crippen molar-refractivity contribution in [3.05, 3.63) is 30.5 Å². The van der Waals surface area contributed by atoms with Gasteiger partial charge < -0.3 is 10.5 Å². The molecule has 0 fully saturated rings. The maximum Gasteiger partial charge on any atom is 0.222 e. The minimum Gasteiger partial charge on any atom is -0.493 e. The highest BCUT2D eigenvalue weighted by Gasteiger charge is 2.11. The van der Waals surface area contributed by atoms with E-state index < -0.39 is 0 Å². The molecule has 0 amide bonds. The molecular weight excluding hydrogens is 204 g/mol. The summed E-state index contributed by atoms with van der Waals surface area (Å²) >= 11 is 0. The first-order chi connectivity index (χ1) is 7.81. The zero-order valence-electron chi connectivity index (χ0n) is 8.71. The lowest BCUT2D eigenvalue weighted by molar-refractivity contribution is 0.420. The van der Waals surface area contributed by atoms with Crippen LogP contribution < -0.4 is 10.5 Å². The van der Waals surface area contributed by atoms with Crippen LogP contribution in [0, 0.1) is 0 Å². The predicted molar refractivity (Wildman–Crippen MR) is 61.5 cm³/mol. The summed E-state index contributed by atoms with van der Waals surface area (Å²) < 4.78 is 6.85. The fraction of sp³-hybridized carbons (Fsp3) is 0.0909. The van der Waals surface area contributed by atoms with Gasteiger partial charge in [-0.3, -0.25) is 0 Å². The van der Waals surface area contributed by atoms with Gasteiger partial charge in [0, 0.05) is 5.39 Å². The second-order valence-corrected chi connectivity index (χ2v) is 3.46. The number of nitrogens with zero attached hydrogens (tertiary/aromatic N) is 3. The van der Waals surface area contributed by atoms with Crippen molar-refractivity contribution in [2.75, 3.05) is 12.8 Å². The van der Waals surface area contributed by atoms with Gasteiger partial charge in [-0.05, 0) is 6.07 Å². The van der Waals surface area contributed by atoms with Crippen LogP contribution in [0.15, 0.2) is 30.5 Å². The summed E-state index contributed by atoms with van der Waals surface area (Å²) in [5, 5.41) is 5.12. The fourth-order valence-corrected chi connectivity index (χ4v) is 1.85. The Kier molecular flexibility index (Phi) is 1.73. The first-order valence-corrected chi connectivity index (χ1v) is 4.87. The fourth-order valence-electron chi connectivity index (χ4n) is 1.85. The van der Waals surface area contributed by atoms with Crippen LogP contribution >= 0.6 is 0 Å². The average Bonchev–Trinajstić information content (AvgIpc) is 2.74. The van der Waals surface area contributed by atoms with Crippen molar-refractivity contribution in [3.63, 3.8) is 0 Å². The van der Waals surface area contributed by atoms with E-state index in [4.69, 9.17) is 10.5 Å². The van der Waals surface area contributed by atoms with Crippen LogP contribution in [-0.4, -0.2) is 21.7 Å². The molecule has 2 N–H and O–H groups in total. The van der Waals surface area contributed by atoms with E-state index in [0.717, 1.165) is 16.4 Å². The highest BCUT2D eigenvalue weighted by Crippen LogP contribution is 2.27. The Bertz CT molecular complexity index is 674. The van der Waals surface area contributed by atoms with Gasteiger partial charge in [0.25, 0.3) is 0 Å². The highest BCUT2D eigenvalue weighted by molar-refractivity contribution is 5.97. The van der Waals surface area contributed by atoms with Crippen molar-refractivity contribution < 1.29 is 4.74 Å². The number of para-hydroxylation sites is 1. The summed E-state index contributed by atoms with van der Waals surface area (Å²) in [6.45, 7) is 0. The second kappa shape index (κ2) is 3.10. The summed E-state index contributed by atoms with van der Waals surface area (Å²) in [4.78, 5) is 4.27. The van der Waals surface area contributed by atoms with Crippen molar-refractivity contribution in [2.24, 2.45) is 0 Å². The van der Waals surface area contributed by atoms with Crippen LogP contribution in [0.3, 0.4) is 0 Å². The molecule has 0 aliphatic rings. The molecule has 1 aromatic carbocycles. The van der Waals surface area contributed by atoms with Gasteiger partial charge in [0.2, 0.25) is 5.95 Å². The van der Waals surface area contributed by atoms with E-state index >= 15 is 0 Å². The third-order valence-corrected chi connectivity index (χ3v) is 2.57. The first kappa shape index (κ1) is 8.96. The van der Waals surface area contributed by atoms with E-state index in [1.807, 2.05) is 24.3 Å². The Morgan fingerprint density at radius 3 is 2.94 bits per heavy atom. The maximum atomic E-state index is 5.82. The van der Waals surface area contributed by atoms with Crippen LogP contribution in [0.1, 0.15) is 0 Å². The van der Waals surface area contributed by atoms with Gasteiger partial charge in [0.05, 0.1) is 18.8 Å². The van der Waals surface area contributed by atoms with Gasteiger partial charge in [0.1, 0.15) is 5.52 Å². The van der Waals surface area contributed by atoms with E-state index in [9.17, 15) is 0 Å². The largest absolute Gasteiger partial charge is 0.493 e. The Morgan fingerprint density at radius 1 is 1.31 bits per heavy atom. The second-order valence-electron chi connectivity index (χ2n) is 3.46. The molecule has 3 aromatic rings. The molecule has 5 nitrogen and oxygen atoms in total. The Morgan fingerprint density at radius 2 is 2.12 bits per heavy atom. The minimum absolute atomic E-state index is 0.358. The number of nitrogens with two attached hydrogens (primary N) is 1. The number of anilines is 1. The number of nitrogen functional groups attached to an aromatic ring is 1. The highest BCUT2D eigenvalue weighted by atomic mass is 16.5. The van der Waals surface area contributed by atoms with Crippen LogP contribution in [-0.2, 0) is 0 Å². The van der Waals surface area contributed by atoms with E-state index in [-0.39, 0.29) is 0 Å². The molecule has 0 saturated carbocycles. The number of hydrogen-bond acceptors (Lipinski definition) is 4. The standard InChI is InChI=1S/C11H10N4O/c1-16-9-6-13-15-10(9)7-4-2-3-5-8(7)14-11(15)12/h2-6H,1H3,(H2,12,14). The Hall–Kier alpha value is -2.30. The Labute approximate surface area is 91.5 Å². The molecule has 0 radical (unpaired) electrons. The van der Waals surface area contributed by atoms with Crippen molar-refractivity contribution in [1.82, 2.24) is 14.6 Å². The van der Waals surface area contributed by atoms with Gasteiger partial charge in [-0.15, -0.1) is 0 Å². The molecule has 0 atom stereocenters. The maximum absolute atomic E-state index is 5.82. The summed E-state index contributed by atoms with van der Waals surface area (Å²) in [6, 6.07) is 7.76. The van der Waals surface area contributed by atoms with Crippen LogP contribution in [0.25, 0.3) is 16.4 Å². The van der Waals surface area contributed by atoms with Crippen molar-refractivity contribution in [2.45, 2.75) is 0 Å². The molecule has 2 aromatic heterocycles. The summed E-state index contributed by atoms with van der Waals surface area (Å²) in [7, 11) is 1.61. The quantitative estimate of drug-likeness (QED) is 0.666. The third-order valence-electron chi connectivity index (χ3n) is 2.57. The number of methoxy groups -OCH3 is 1. The molecule has 5 heteroatoms. The monoisotopic (exact) mass is 214 g/mol. The molecule has 3 rings (SSSR count). The van der Waals surface area contributed by atoms with Gasteiger partial charge >= 0.3 is 0 Å². The zero-order chi connectivity index (χ0) is 11.1. The van der Waals surface area contributed by atoms with Gasteiger partial charge in [-0.25, -0.2) is 4.98 Å². The summed E-state index contributed by atoms with van der Waals surface area (Å²) in [6.07, 6.45) is 1.64. The lowest BCUT2D eigenvalue weighted by Crippen LogP contribution is -2.02. The molecule has 0 aliphatic carbocycles. The van der Waals surface area contributed by atoms with Crippen molar-refractivity contribution in [1.29, 1.82) is 0 Å². The third kappa shape index (κ3) is 1.05. The van der Waals surface area contributed by atoms with Crippen molar-refractivity contribution >= 4 is 22.4 Å². The topological polar surface area (TPSA) is 65.4 Å². The molecule has 0 saturated heterocycles. The molecule has 16 heavy (non-hydrogen) atoms. The van der Waals surface area contributed by atoms with Gasteiger partial charge in [0.15, 0.2) is 5.75 Å². The number of aromatic nitrogens is 3. The number of hydrogen-bond donors (Lipinski definition) is 1. The average molecular weight is 214 g/mol. The number of benzene rings is 1. The van der Waals surface area contributed by atoms with E-state index in [1.165, 1.54) is 0 Å². The van der Waals surface area contributed by atoms with Crippen LogP contribution in [0.4, 0.5) is 5.95 Å². The normalized spacial score (nSPS) is 11.1. The van der Waals surface area contributed by atoms with Crippen LogP contribution in [0.5, 0.6) is 5.75 Å². The van der Waals surface area contributed by atoms with Crippen molar-refractivity contribution in [3.8, 4) is 5.75 Å². The van der Waals surface area contributed by atoms with Crippen LogP contribution in [0.2, 0.25) is 0 Å². The molecule has 0 bridgehead atoms. The molecule has 0 unspecified atom stereocenters. The smallest absolute Gasteiger partial charge is 0.222 e. The predicted octanol–water partition coefficient (Wildman–Crippen LogP) is 1.47. The summed E-state index contributed by atoms with van der Waals surface area (Å²) in [5.74, 6) is 1.06.